The molecule has 0 radical (unpaired) electrons. The van der Waals surface area contributed by atoms with Crippen molar-refractivity contribution in [3.05, 3.63) is 23.3 Å². The second kappa shape index (κ2) is 4.44. The second-order valence-corrected chi connectivity index (χ2v) is 3.28. The summed E-state index contributed by atoms with van der Waals surface area (Å²) in [6, 6.07) is 1.04. The van der Waals surface area contributed by atoms with Crippen LogP contribution in [-0.4, -0.2) is 18.8 Å². The zero-order valence-corrected chi connectivity index (χ0v) is 8.55. The van der Waals surface area contributed by atoms with Crippen LogP contribution >= 0.6 is 0 Å². The first kappa shape index (κ1) is 11.7. The van der Waals surface area contributed by atoms with Gasteiger partial charge in [-0.3, -0.25) is 0 Å². The summed E-state index contributed by atoms with van der Waals surface area (Å²) >= 11 is 0. The van der Waals surface area contributed by atoms with Gasteiger partial charge in [0.25, 0.3) is 0 Å². The number of methoxy groups -OCH3 is 1. The highest BCUT2D eigenvalue weighted by Gasteiger charge is 2.21. The van der Waals surface area contributed by atoms with E-state index in [4.69, 9.17) is 15.6 Å². The van der Waals surface area contributed by atoms with Gasteiger partial charge in [-0.2, -0.15) is 4.39 Å². The van der Waals surface area contributed by atoms with Gasteiger partial charge in [0.1, 0.15) is 0 Å². The molecular formula is C10H13F2NO2. The molecule has 1 atom stereocenters. The van der Waals surface area contributed by atoms with Crippen LogP contribution in [0, 0.1) is 11.6 Å². The van der Waals surface area contributed by atoms with Crippen molar-refractivity contribution in [3.8, 4) is 11.5 Å². The SMILES string of the molecule is COc1c(C(C)CN)cc(F)c(O)c1F. The molecule has 0 bridgehead atoms. The Morgan fingerprint density at radius 2 is 2.13 bits per heavy atom. The molecule has 0 heterocycles. The van der Waals surface area contributed by atoms with Crippen LogP contribution in [0.25, 0.3) is 0 Å². The zero-order valence-electron chi connectivity index (χ0n) is 8.55. The molecule has 1 aromatic rings. The van der Waals surface area contributed by atoms with Crippen molar-refractivity contribution in [1.29, 1.82) is 0 Å². The van der Waals surface area contributed by atoms with E-state index in [1.807, 2.05) is 0 Å². The Kier molecular flexibility index (Phi) is 3.47. The highest BCUT2D eigenvalue weighted by Crippen LogP contribution is 2.35. The molecule has 0 aliphatic rings. The third kappa shape index (κ3) is 2.02. The maximum absolute atomic E-state index is 13.4. The van der Waals surface area contributed by atoms with E-state index in [0.29, 0.717) is 5.56 Å². The molecule has 1 aromatic carbocycles. The maximum Gasteiger partial charge on any atom is 0.209 e. The van der Waals surface area contributed by atoms with Crippen LogP contribution in [-0.2, 0) is 0 Å². The predicted octanol–water partition coefficient (Wildman–Crippen LogP) is 1.74. The Labute approximate surface area is 86.5 Å². The average molecular weight is 217 g/mol. The van der Waals surface area contributed by atoms with E-state index in [2.05, 4.69) is 0 Å². The van der Waals surface area contributed by atoms with E-state index in [1.165, 1.54) is 7.11 Å². The minimum atomic E-state index is -1.09. The van der Waals surface area contributed by atoms with Crippen molar-refractivity contribution in [2.24, 2.45) is 5.73 Å². The molecule has 0 aliphatic carbocycles. The van der Waals surface area contributed by atoms with Gasteiger partial charge in [-0.1, -0.05) is 6.92 Å². The fraction of sp³-hybridized carbons (Fsp3) is 0.400. The fourth-order valence-electron chi connectivity index (χ4n) is 1.31. The van der Waals surface area contributed by atoms with Gasteiger partial charge in [0.2, 0.25) is 5.82 Å². The summed E-state index contributed by atoms with van der Waals surface area (Å²) < 4.78 is 31.2. The Morgan fingerprint density at radius 3 is 2.60 bits per heavy atom. The van der Waals surface area contributed by atoms with Crippen molar-refractivity contribution in [1.82, 2.24) is 0 Å². The molecule has 3 N–H and O–H groups in total. The quantitative estimate of drug-likeness (QED) is 0.810. The summed E-state index contributed by atoms with van der Waals surface area (Å²) in [6.45, 7) is 1.95. The number of rotatable bonds is 3. The minimum Gasteiger partial charge on any atom is -0.503 e. The predicted molar refractivity (Wildman–Crippen MR) is 52.0 cm³/mol. The van der Waals surface area contributed by atoms with Crippen LogP contribution in [0.1, 0.15) is 18.4 Å². The third-order valence-corrected chi connectivity index (χ3v) is 2.27. The summed E-state index contributed by atoms with van der Waals surface area (Å²) in [5, 5.41) is 9.04. The van der Waals surface area contributed by atoms with Crippen molar-refractivity contribution in [2.75, 3.05) is 13.7 Å². The largest absolute Gasteiger partial charge is 0.503 e. The molecule has 3 nitrogen and oxygen atoms in total. The molecule has 1 unspecified atom stereocenters. The number of hydrogen-bond donors (Lipinski definition) is 2. The number of phenolic OH excluding ortho intramolecular Hbond substituents is 1. The van der Waals surface area contributed by atoms with Crippen LogP contribution in [0.15, 0.2) is 6.07 Å². The van der Waals surface area contributed by atoms with Crippen LogP contribution in [0.5, 0.6) is 11.5 Å². The summed E-state index contributed by atoms with van der Waals surface area (Å²) in [6.07, 6.45) is 0. The van der Waals surface area contributed by atoms with Crippen LogP contribution in [0.4, 0.5) is 8.78 Å². The molecule has 84 valence electrons. The number of hydrogen-bond acceptors (Lipinski definition) is 3. The molecule has 15 heavy (non-hydrogen) atoms. The molecule has 0 aromatic heterocycles. The number of ether oxygens (including phenoxy) is 1. The molecule has 0 saturated heterocycles. The van der Waals surface area contributed by atoms with Gasteiger partial charge in [-0.25, -0.2) is 4.39 Å². The molecule has 0 aliphatic heterocycles. The fourth-order valence-corrected chi connectivity index (χ4v) is 1.31. The molecule has 0 fully saturated rings. The number of nitrogens with two attached hydrogens (primary N) is 1. The van der Waals surface area contributed by atoms with Gasteiger partial charge in [0, 0.05) is 5.56 Å². The monoisotopic (exact) mass is 217 g/mol. The Bertz CT molecular complexity index is 369. The lowest BCUT2D eigenvalue weighted by Crippen LogP contribution is -2.11. The first-order valence-corrected chi connectivity index (χ1v) is 4.47. The average Bonchev–Trinajstić information content (AvgIpc) is 2.24. The van der Waals surface area contributed by atoms with Gasteiger partial charge in [0.15, 0.2) is 17.3 Å². The highest BCUT2D eigenvalue weighted by molar-refractivity contribution is 5.44. The van der Waals surface area contributed by atoms with Gasteiger partial charge in [-0.15, -0.1) is 0 Å². The first-order chi connectivity index (χ1) is 7.02. The lowest BCUT2D eigenvalue weighted by Gasteiger charge is -2.15. The summed E-state index contributed by atoms with van der Waals surface area (Å²) in [4.78, 5) is 0. The normalized spacial score (nSPS) is 12.6. The molecule has 0 spiro atoms. The molecule has 0 amide bonds. The van der Waals surface area contributed by atoms with Crippen LogP contribution in [0.2, 0.25) is 0 Å². The number of halogens is 2. The number of phenols is 1. The Hall–Kier alpha value is -1.36. The Balaban J connectivity index is 3.38. The summed E-state index contributed by atoms with van der Waals surface area (Å²) in [5.41, 5.74) is 5.72. The van der Waals surface area contributed by atoms with Crippen molar-refractivity contribution in [3.63, 3.8) is 0 Å². The van der Waals surface area contributed by atoms with E-state index in [-0.39, 0.29) is 18.2 Å². The van der Waals surface area contributed by atoms with Gasteiger partial charge in [-0.05, 0) is 18.5 Å². The zero-order chi connectivity index (χ0) is 11.6. The molecule has 5 heteroatoms. The van der Waals surface area contributed by atoms with Gasteiger partial charge < -0.3 is 15.6 Å². The molecule has 0 saturated carbocycles. The topological polar surface area (TPSA) is 55.5 Å². The molecular weight excluding hydrogens is 204 g/mol. The number of benzene rings is 1. The lowest BCUT2D eigenvalue weighted by atomic mass is 9.99. The van der Waals surface area contributed by atoms with E-state index in [1.54, 1.807) is 6.92 Å². The van der Waals surface area contributed by atoms with Gasteiger partial charge >= 0.3 is 0 Å². The van der Waals surface area contributed by atoms with Crippen molar-refractivity contribution in [2.45, 2.75) is 12.8 Å². The molecule has 1 rings (SSSR count). The van der Waals surface area contributed by atoms with E-state index in [0.717, 1.165) is 6.07 Å². The lowest BCUT2D eigenvalue weighted by molar-refractivity contribution is 0.344. The first-order valence-electron chi connectivity index (χ1n) is 4.47. The highest BCUT2D eigenvalue weighted by atomic mass is 19.1. The second-order valence-electron chi connectivity index (χ2n) is 3.28. The van der Waals surface area contributed by atoms with Crippen molar-refractivity contribution < 1.29 is 18.6 Å². The van der Waals surface area contributed by atoms with Crippen LogP contribution in [0.3, 0.4) is 0 Å². The number of aromatic hydroxyl groups is 1. The van der Waals surface area contributed by atoms with Crippen molar-refractivity contribution >= 4 is 0 Å². The Morgan fingerprint density at radius 1 is 1.53 bits per heavy atom. The summed E-state index contributed by atoms with van der Waals surface area (Å²) in [7, 11) is 1.25. The van der Waals surface area contributed by atoms with Crippen LogP contribution < -0.4 is 10.5 Å². The smallest absolute Gasteiger partial charge is 0.209 e. The third-order valence-electron chi connectivity index (χ3n) is 2.27. The minimum absolute atomic E-state index is 0.160. The van der Waals surface area contributed by atoms with E-state index >= 15 is 0 Å². The van der Waals surface area contributed by atoms with Gasteiger partial charge in [0.05, 0.1) is 7.11 Å². The summed E-state index contributed by atoms with van der Waals surface area (Å²) in [5.74, 6) is -3.53. The van der Waals surface area contributed by atoms with E-state index in [9.17, 15) is 8.78 Å². The van der Waals surface area contributed by atoms with E-state index < -0.39 is 17.4 Å². The maximum atomic E-state index is 13.4. The standard InChI is InChI=1S/C10H13F2NO2/c1-5(4-13)6-3-7(11)9(14)8(12)10(6)15-2/h3,5,14H,4,13H2,1-2H3.